The first-order valence-corrected chi connectivity index (χ1v) is 8.22. The molecule has 142 valence electrons. The molecule has 0 fully saturated rings. The number of alkyl halides is 3. The van der Waals surface area contributed by atoms with Crippen LogP contribution in [-0.2, 0) is 17.5 Å². The van der Waals surface area contributed by atoms with Crippen LogP contribution in [0.5, 0.6) is 0 Å². The van der Waals surface area contributed by atoms with Crippen molar-refractivity contribution in [3.05, 3.63) is 52.8 Å². The van der Waals surface area contributed by atoms with E-state index in [0.29, 0.717) is 5.69 Å². The molecule has 0 aliphatic carbocycles. The fourth-order valence-corrected chi connectivity index (χ4v) is 2.78. The van der Waals surface area contributed by atoms with Crippen molar-refractivity contribution < 1.29 is 18.0 Å². The number of amides is 1. The summed E-state index contributed by atoms with van der Waals surface area (Å²) in [4.78, 5) is 14.4. The molecule has 1 heterocycles. The molecule has 1 amide bonds. The van der Waals surface area contributed by atoms with Crippen LogP contribution in [0.15, 0.2) is 30.3 Å². The topological polar surface area (TPSA) is 50.2 Å². The quantitative estimate of drug-likeness (QED) is 0.853. The lowest BCUT2D eigenvalue weighted by molar-refractivity contribution is -0.141. The summed E-state index contributed by atoms with van der Waals surface area (Å²) in [6.45, 7) is 3.86. The van der Waals surface area contributed by atoms with Gasteiger partial charge in [-0.2, -0.15) is 18.3 Å². The van der Waals surface area contributed by atoms with Gasteiger partial charge in [0.25, 0.3) is 0 Å². The minimum atomic E-state index is -4.47. The van der Waals surface area contributed by atoms with Crippen LogP contribution < -0.4 is 5.32 Å². The van der Waals surface area contributed by atoms with E-state index in [1.54, 1.807) is 25.9 Å². The largest absolute Gasteiger partial charge is 0.435 e. The number of halogens is 3. The molecule has 2 aromatic rings. The Kier molecular flexibility index (Phi) is 6.07. The lowest BCUT2D eigenvalue weighted by Crippen LogP contribution is -2.38. The van der Waals surface area contributed by atoms with Gasteiger partial charge in [0, 0.05) is 12.2 Å². The fraction of sp³-hybridized carbons (Fsp3) is 0.444. The molecule has 5 nitrogen and oxygen atoms in total. The first-order valence-electron chi connectivity index (χ1n) is 8.22. The zero-order valence-corrected chi connectivity index (χ0v) is 15.3. The highest BCUT2D eigenvalue weighted by molar-refractivity contribution is 5.83. The Hall–Kier alpha value is -2.35. The summed E-state index contributed by atoms with van der Waals surface area (Å²) in [6.07, 6.45) is -4.47. The molecule has 0 bridgehead atoms. The normalized spacial score (nSPS) is 13.1. The van der Waals surface area contributed by atoms with Crippen LogP contribution in [0.4, 0.5) is 13.2 Å². The van der Waals surface area contributed by atoms with E-state index in [0.717, 1.165) is 17.2 Å². The van der Waals surface area contributed by atoms with Crippen LogP contribution in [0.25, 0.3) is 0 Å². The van der Waals surface area contributed by atoms with E-state index in [2.05, 4.69) is 10.4 Å². The smallest absolute Gasteiger partial charge is 0.353 e. The summed E-state index contributed by atoms with van der Waals surface area (Å²) in [7, 11) is 3.61. The van der Waals surface area contributed by atoms with Crippen LogP contribution in [0.2, 0.25) is 0 Å². The van der Waals surface area contributed by atoms with E-state index in [4.69, 9.17) is 0 Å². The Bertz CT molecular complexity index is 768. The number of rotatable bonds is 6. The lowest BCUT2D eigenvalue weighted by atomic mass is 10.0. The molecule has 0 radical (unpaired) electrons. The van der Waals surface area contributed by atoms with E-state index >= 15 is 0 Å². The molecule has 0 aliphatic rings. The SMILES string of the molecule is Cc1cccc([C@H](C(=O)NCCn2nc(C(F)(F)F)cc2C)N(C)C)c1. The first kappa shape index (κ1) is 20.0. The summed E-state index contributed by atoms with van der Waals surface area (Å²) in [5.41, 5.74) is 1.39. The highest BCUT2D eigenvalue weighted by Crippen LogP contribution is 2.28. The molecule has 1 aromatic heterocycles. The van der Waals surface area contributed by atoms with Gasteiger partial charge in [0.05, 0.1) is 6.54 Å². The van der Waals surface area contributed by atoms with E-state index in [1.807, 2.05) is 31.2 Å². The standard InChI is InChI=1S/C18H23F3N4O/c1-12-6-5-7-14(10-12)16(24(3)4)17(26)22-8-9-25-13(2)11-15(23-25)18(19,20)21/h5-7,10-11,16H,8-9H2,1-4H3,(H,22,26)/t16-/m1/s1. The Balaban J connectivity index is 2.02. The van der Waals surface area contributed by atoms with Gasteiger partial charge < -0.3 is 5.32 Å². The summed E-state index contributed by atoms with van der Waals surface area (Å²) >= 11 is 0. The molecule has 0 saturated heterocycles. The van der Waals surface area contributed by atoms with Gasteiger partial charge >= 0.3 is 6.18 Å². The second-order valence-electron chi connectivity index (χ2n) is 6.46. The molecular formula is C18H23F3N4O. The molecule has 1 aromatic carbocycles. The van der Waals surface area contributed by atoms with Crippen molar-refractivity contribution in [2.45, 2.75) is 32.6 Å². The number of carbonyl (C=O) groups is 1. The maximum absolute atomic E-state index is 12.7. The van der Waals surface area contributed by atoms with Gasteiger partial charge in [-0.3, -0.25) is 14.4 Å². The first-order chi connectivity index (χ1) is 12.1. The number of hydrogen-bond acceptors (Lipinski definition) is 3. The predicted octanol–water partition coefficient (Wildman–Crippen LogP) is 2.94. The Morgan fingerprint density at radius 1 is 1.27 bits per heavy atom. The number of aryl methyl sites for hydroxylation is 2. The van der Waals surface area contributed by atoms with Crippen LogP contribution in [-0.4, -0.2) is 41.2 Å². The van der Waals surface area contributed by atoms with Crippen molar-refractivity contribution in [2.24, 2.45) is 0 Å². The fourth-order valence-electron chi connectivity index (χ4n) is 2.78. The molecule has 0 saturated carbocycles. The van der Waals surface area contributed by atoms with Crippen molar-refractivity contribution in [3.63, 3.8) is 0 Å². The second kappa shape index (κ2) is 7.90. The Morgan fingerprint density at radius 3 is 2.50 bits per heavy atom. The van der Waals surface area contributed by atoms with Gasteiger partial charge in [-0.15, -0.1) is 0 Å². The van der Waals surface area contributed by atoms with Crippen LogP contribution in [0.1, 0.15) is 28.6 Å². The van der Waals surface area contributed by atoms with Crippen molar-refractivity contribution in [1.82, 2.24) is 20.0 Å². The van der Waals surface area contributed by atoms with E-state index in [9.17, 15) is 18.0 Å². The Labute approximate surface area is 150 Å². The molecule has 0 aliphatic heterocycles. The number of hydrogen-bond donors (Lipinski definition) is 1. The third kappa shape index (κ3) is 4.85. The van der Waals surface area contributed by atoms with Crippen molar-refractivity contribution in [2.75, 3.05) is 20.6 Å². The average molecular weight is 368 g/mol. The predicted molar refractivity (Wildman–Crippen MR) is 92.6 cm³/mol. The average Bonchev–Trinajstić information content (AvgIpc) is 2.88. The number of nitrogens with one attached hydrogen (secondary N) is 1. The molecule has 0 spiro atoms. The molecular weight excluding hydrogens is 345 g/mol. The van der Waals surface area contributed by atoms with Gasteiger partial charge in [-0.1, -0.05) is 29.8 Å². The van der Waals surface area contributed by atoms with Crippen LogP contribution in [0.3, 0.4) is 0 Å². The lowest BCUT2D eigenvalue weighted by Gasteiger charge is -2.24. The molecule has 2 rings (SSSR count). The van der Waals surface area contributed by atoms with Crippen molar-refractivity contribution in [3.8, 4) is 0 Å². The molecule has 0 unspecified atom stereocenters. The highest BCUT2D eigenvalue weighted by atomic mass is 19.4. The maximum Gasteiger partial charge on any atom is 0.435 e. The monoisotopic (exact) mass is 368 g/mol. The van der Waals surface area contributed by atoms with E-state index < -0.39 is 17.9 Å². The van der Waals surface area contributed by atoms with Gasteiger partial charge in [-0.05, 0) is 39.6 Å². The summed E-state index contributed by atoms with van der Waals surface area (Å²) in [6, 6.07) is 8.19. The van der Waals surface area contributed by atoms with Crippen molar-refractivity contribution >= 4 is 5.91 Å². The number of benzene rings is 1. The van der Waals surface area contributed by atoms with Gasteiger partial charge in [0.15, 0.2) is 5.69 Å². The minimum Gasteiger partial charge on any atom is -0.353 e. The summed E-state index contributed by atoms with van der Waals surface area (Å²) in [5, 5.41) is 6.34. The van der Waals surface area contributed by atoms with Crippen LogP contribution in [0, 0.1) is 13.8 Å². The number of likely N-dealkylation sites (N-methyl/N-ethyl adjacent to an activating group) is 1. The van der Waals surface area contributed by atoms with Crippen LogP contribution >= 0.6 is 0 Å². The zero-order chi connectivity index (χ0) is 19.5. The number of carbonyl (C=O) groups excluding carboxylic acids is 1. The second-order valence-corrected chi connectivity index (χ2v) is 6.46. The highest BCUT2D eigenvalue weighted by Gasteiger charge is 2.34. The van der Waals surface area contributed by atoms with Gasteiger partial charge in [0.1, 0.15) is 6.04 Å². The summed E-state index contributed by atoms with van der Waals surface area (Å²) < 4.78 is 39.3. The Morgan fingerprint density at radius 2 is 1.96 bits per heavy atom. The van der Waals surface area contributed by atoms with E-state index in [1.165, 1.54) is 4.68 Å². The third-order valence-electron chi connectivity index (χ3n) is 4.02. The molecule has 1 N–H and O–H groups in total. The van der Waals surface area contributed by atoms with Gasteiger partial charge in [0.2, 0.25) is 5.91 Å². The maximum atomic E-state index is 12.7. The van der Waals surface area contributed by atoms with Gasteiger partial charge in [-0.25, -0.2) is 0 Å². The third-order valence-corrected chi connectivity index (χ3v) is 4.02. The van der Waals surface area contributed by atoms with Crippen molar-refractivity contribution in [1.29, 1.82) is 0 Å². The number of aromatic nitrogens is 2. The summed E-state index contributed by atoms with van der Waals surface area (Å²) in [5.74, 6) is -0.207. The van der Waals surface area contributed by atoms with E-state index in [-0.39, 0.29) is 19.0 Å². The molecule has 8 heteroatoms. The molecule has 26 heavy (non-hydrogen) atoms. The number of nitrogens with zero attached hydrogens (tertiary/aromatic N) is 3. The minimum absolute atomic E-state index is 0.168. The zero-order valence-electron chi connectivity index (χ0n) is 15.3. The molecule has 1 atom stereocenters.